The van der Waals surface area contributed by atoms with Crippen LogP contribution in [0.3, 0.4) is 0 Å². The number of aliphatic hydroxyl groups is 1. The van der Waals surface area contributed by atoms with Crippen molar-refractivity contribution in [2.45, 2.75) is 6.61 Å². The Morgan fingerprint density at radius 2 is 1.89 bits per heavy atom. The van der Waals surface area contributed by atoms with Crippen LogP contribution in [0.4, 0.5) is 5.82 Å². The Morgan fingerprint density at radius 1 is 1.21 bits per heavy atom. The predicted octanol–water partition coefficient (Wildman–Crippen LogP) is 2.30. The van der Waals surface area contributed by atoms with Gasteiger partial charge < -0.3 is 20.5 Å². The number of ether oxygens (including phenoxy) is 1. The van der Waals surface area contributed by atoms with Gasteiger partial charge in [-0.2, -0.15) is 0 Å². The van der Waals surface area contributed by atoms with E-state index in [0.29, 0.717) is 46.6 Å². The normalized spacial score (nSPS) is 14.9. The summed E-state index contributed by atoms with van der Waals surface area (Å²) in [4.78, 5) is 20.8. The molecule has 28 heavy (non-hydrogen) atoms. The van der Waals surface area contributed by atoms with Crippen molar-refractivity contribution in [3.05, 3.63) is 51.6 Å². The topological polar surface area (TPSA) is 91.9 Å². The summed E-state index contributed by atoms with van der Waals surface area (Å²) < 4.78 is 5.75. The summed E-state index contributed by atoms with van der Waals surface area (Å²) in [5.74, 6) is 0.366. The van der Waals surface area contributed by atoms with Gasteiger partial charge in [-0.15, -0.1) is 0 Å². The third-order valence-corrected chi connectivity index (χ3v) is 5.35. The molecule has 0 aliphatic carbocycles. The van der Waals surface area contributed by atoms with Crippen LogP contribution in [0.1, 0.15) is 15.9 Å². The van der Waals surface area contributed by atoms with E-state index >= 15 is 0 Å². The van der Waals surface area contributed by atoms with Crippen LogP contribution < -0.4 is 10.5 Å². The van der Waals surface area contributed by atoms with Crippen LogP contribution in [-0.4, -0.2) is 65.1 Å². The third-order valence-electron chi connectivity index (χ3n) is 4.64. The number of nitrogens with two attached hydrogens (primary N) is 1. The lowest BCUT2D eigenvalue weighted by atomic mass is 10.2. The lowest BCUT2D eigenvalue weighted by Gasteiger charge is -2.34. The largest absolute Gasteiger partial charge is 0.485 e. The third kappa shape index (κ3) is 4.86. The molecule has 2 heterocycles. The highest BCUT2D eigenvalue weighted by molar-refractivity contribution is 6.35. The van der Waals surface area contributed by atoms with E-state index in [1.54, 1.807) is 29.2 Å². The first kappa shape index (κ1) is 20.7. The summed E-state index contributed by atoms with van der Waals surface area (Å²) in [5, 5.41) is 10.0. The van der Waals surface area contributed by atoms with Gasteiger partial charge in [-0.25, -0.2) is 4.98 Å². The van der Waals surface area contributed by atoms with Crippen molar-refractivity contribution in [1.82, 2.24) is 14.8 Å². The van der Waals surface area contributed by atoms with Gasteiger partial charge in [0.1, 0.15) is 6.61 Å². The second-order valence-electron chi connectivity index (χ2n) is 6.45. The fourth-order valence-corrected chi connectivity index (χ4v) is 3.51. The number of rotatable bonds is 6. The molecule has 1 fully saturated rings. The van der Waals surface area contributed by atoms with Crippen LogP contribution in [0, 0.1) is 0 Å². The lowest BCUT2D eigenvalue weighted by molar-refractivity contribution is 0.0614. The van der Waals surface area contributed by atoms with Crippen molar-refractivity contribution in [2.24, 2.45) is 0 Å². The first-order chi connectivity index (χ1) is 13.5. The fraction of sp³-hybridized carbons (Fsp3) is 0.368. The van der Waals surface area contributed by atoms with E-state index in [1.807, 2.05) is 0 Å². The number of carbonyl (C=O) groups excluding carboxylic acids is 1. The van der Waals surface area contributed by atoms with Gasteiger partial charge in [0.05, 0.1) is 12.2 Å². The van der Waals surface area contributed by atoms with Crippen LogP contribution in [0.2, 0.25) is 10.0 Å². The molecule has 7 nitrogen and oxygen atoms in total. The number of hydrogen-bond acceptors (Lipinski definition) is 6. The minimum atomic E-state index is -0.128. The molecule has 1 amide bonds. The van der Waals surface area contributed by atoms with Crippen molar-refractivity contribution < 1.29 is 14.6 Å². The van der Waals surface area contributed by atoms with E-state index in [-0.39, 0.29) is 24.9 Å². The van der Waals surface area contributed by atoms with Crippen molar-refractivity contribution in [2.75, 3.05) is 45.1 Å². The number of piperazine rings is 1. The number of pyridine rings is 1. The molecule has 0 unspecified atom stereocenters. The Morgan fingerprint density at radius 3 is 2.54 bits per heavy atom. The van der Waals surface area contributed by atoms with Crippen molar-refractivity contribution >= 4 is 34.9 Å². The molecule has 0 atom stereocenters. The van der Waals surface area contributed by atoms with Gasteiger partial charge in [-0.1, -0.05) is 29.3 Å². The van der Waals surface area contributed by atoms with Gasteiger partial charge in [0.15, 0.2) is 11.6 Å². The molecule has 150 valence electrons. The fourth-order valence-electron chi connectivity index (χ4n) is 3.01. The first-order valence-electron chi connectivity index (χ1n) is 8.93. The second kappa shape index (κ2) is 9.43. The molecule has 1 aliphatic heterocycles. The van der Waals surface area contributed by atoms with Crippen molar-refractivity contribution in [3.8, 4) is 5.75 Å². The molecule has 3 N–H and O–H groups in total. The zero-order valence-corrected chi connectivity index (χ0v) is 16.8. The molecule has 0 bridgehead atoms. The number of nitrogens with zero attached hydrogens (tertiary/aromatic N) is 3. The number of nitrogen functional groups attached to an aromatic ring is 1. The Labute approximate surface area is 173 Å². The van der Waals surface area contributed by atoms with Crippen LogP contribution >= 0.6 is 23.2 Å². The maximum atomic E-state index is 12.8. The average molecular weight is 425 g/mol. The number of aromatic nitrogens is 1. The zero-order valence-electron chi connectivity index (χ0n) is 15.3. The van der Waals surface area contributed by atoms with Gasteiger partial charge in [0.25, 0.3) is 5.91 Å². The van der Waals surface area contributed by atoms with E-state index in [0.717, 1.165) is 13.1 Å². The summed E-state index contributed by atoms with van der Waals surface area (Å²) in [6.07, 6.45) is 1.45. The molecule has 2 aromatic rings. The number of halogens is 2. The van der Waals surface area contributed by atoms with Gasteiger partial charge in [0.2, 0.25) is 0 Å². The second-order valence-corrected chi connectivity index (χ2v) is 7.27. The van der Waals surface area contributed by atoms with Crippen LogP contribution in [-0.2, 0) is 6.61 Å². The Bertz CT molecular complexity index is 822. The standard InChI is InChI=1S/C19H22Cl2N4O3/c20-15-2-1-3-16(21)14(15)12-28-17-10-13(11-23-18(17)22)19(27)25-6-4-24(5-7-25)8-9-26/h1-3,10-11,26H,4-9,12H2,(H2,22,23). The Balaban J connectivity index is 1.68. The summed E-state index contributed by atoms with van der Waals surface area (Å²) in [7, 11) is 0. The molecule has 0 spiro atoms. The van der Waals surface area contributed by atoms with Crippen molar-refractivity contribution in [1.29, 1.82) is 0 Å². The Hall–Kier alpha value is -2.06. The molecule has 0 radical (unpaired) electrons. The predicted molar refractivity (Wildman–Crippen MR) is 109 cm³/mol. The number of carbonyl (C=O) groups is 1. The van der Waals surface area contributed by atoms with Gasteiger partial charge in [0, 0.05) is 54.5 Å². The Kier molecular flexibility index (Phi) is 6.96. The number of aliphatic hydroxyl groups excluding tert-OH is 1. The van der Waals surface area contributed by atoms with E-state index in [1.165, 1.54) is 6.20 Å². The highest BCUT2D eigenvalue weighted by Gasteiger charge is 2.23. The SMILES string of the molecule is Nc1ncc(C(=O)N2CCN(CCO)CC2)cc1OCc1c(Cl)cccc1Cl. The molecule has 3 rings (SSSR count). The average Bonchev–Trinajstić information content (AvgIpc) is 2.69. The highest BCUT2D eigenvalue weighted by Crippen LogP contribution is 2.28. The van der Waals surface area contributed by atoms with E-state index in [9.17, 15) is 4.79 Å². The molecule has 1 aromatic heterocycles. The number of amides is 1. The number of hydrogen-bond donors (Lipinski definition) is 2. The van der Waals surface area contributed by atoms with Crippen LogP contribution in [0.15, 0.2) is 30.5 Å². The van der Waals surface area contributed by atoms with E-state index in [2.05, 4.69) is 9.88 Å². The smallest absolute Gasteiger partial charge is 0.255 e. The molecule has 9 heteroatoms. The lowest BCUT2D eigenvalue weighted by Crippen LogP contribution is -2.49. The monoisotopic (exact) mass is 424 g/mol. The molecule has 0 saturated carbocycles. The minimum absolute atomic E-state index is 0.113. The molecular formula is C19H22Cl2N4O3. The highest BCUT2D eigenvalue weighted by atomic mass is 35.5. The zero-order chi connectivity index (χ0) is 20.1. The maximum Gasteiger partial charge on any atom is 0.255 e. The molecule has 1 aromatic carbocycles. The van der Waals surface area contributed by atoms with Gasteiger partial charge in [-0.3, -0.25) is 9.69 Å². The maximum absolute atomic E-state index is 12.8. The number of anilines is 1. The van der Waals surface area contributed by atoms with Gasteiger partial charge in [-0.05, 0) is 18.2 Å². The van der Waals surface area contributed by atoms with Crippen molar-refractivity contribution in [3.63, 3.8) is 0 Å². The van der Waals surface area contributed by atoms with Crippen LogP contribution in [0.5, 0.6) is 5.75 Å². The van der Waals surface area contributed by atoms with E-state index < -0.39 is 0 Å². The van der Waals surface area contributed by atoms with Gasteiger partial charge >= 0.3 is 0 Å². The first-order valence-corrected chi connectivity index (χ1v) is 9.69. The van der Waals surface area contributed by atoms with Crippen LogP contribution in [0.25, 0.3) is 0 Å². The summed E-state index contributed by atoms with van der Waals surface area (Å²) in [5.41, 5.74) is 6.95. The summed E-state index contributed by atoms with van der Waals surface area (Å²) >= 11 is 12.3. The quantitative estimate of drug-likeness (QED) is 0.738. The molecular weight excluding hydrogens is 403 g/mol. The number of benzene rings is 1. The summed E-state index contributed by atoms with van der Waals surface area (Å²) in [6, 6.07) is 6.80. The molecule has 1 saturated heterocycles. The van der Waals surface area contributed by atoms with E-state index in [4.69, 9.17) is 38.8 Å². The minimum Gasteiger partial charge on any atom is -0.485 e. The summed E-state index contributed by atoms with van der Waals surface area (Å²) in [6.45, 7) is 3.48. The molecule has 1 aliphatic rings. The number of β-amino-alcohol motifs (C(OH)–C–C–N with tert-alkyl or cyclic N) is 1.